The van der Waals surface area contributed by atoms with Crippen molar-refractivity contribution in [2.45, 2.75) is 40.2 Å². The molecule has 0 spiro atoms. The molecule has 0 fully saturated rings. The fourth-order valence-electron chi connectivity index (χ4n) is 2.82. The highest BCUT2D eigenvalue weighted by Crippen LogP contribution is 2.22. The summed E-state index contributed by atoms with van der Waals surface area (Å²) in [5, 5.41) is 9.80. The number of nitrogens with zero attached hydrogens (tertiary/aromatic N) is 1. The molecule has 0 radical (unpaired) electrons. The van der Waals surface area contributed by atoms with Crippen molar-refractivity contribution in [3.63, 3.8) is 0 Å². The number of hydrogen-bond acceptors (Lipinski definition) is 3. The second-order valence-corrected chi connectivity index (χ2v) is 7.73. The fourth-order valence-corrected chi connectivity index (χ4v) is 2.82. The molecule has 4 nitrogen and oxygen atoms in total. The normalized spacial score (nSPS) is 11.2. The Kier molecular flexibility index (Phi) is 8.49. The van der Waals surface area contributed by atoms with E-state index in [-0.39, 0.29) is 12.2 Å². The van der Waals surface area contributed by atoms with Gasteiger partial charge in [-0.15, -0.1) is 0 Å². The molecule has 0 amide bonds. The lowest BCUT2D eigenvalue weighted by atomic mass is 10.1. The minimum Gasteiger partial charge on any atom is -0.490 e. The van der Waals surface area contributed by atoms with Gasteiger partial charge in [0.25, 0.3) is 5.56 Å². The van der Waals surface area contributed by atoms with E-state index in [1.54, 1.807) is 50.4 Å². The van der Waals surface area contributed by atoms with Gasteiger partial charge in [-0.2, -0.15) is 0 Å². The lowest BCUT2D eigenvalue weighted by molar-refractivity contribution is 0.0282. The number of aryl methyl sites for hydroxylation is 1. The van der Waals surface area contributed by atoms with E-state index in [4.69, 9.17) is 4.74 Å². The van der Waals surface area contributed by atoms with Crippen LogP contribution in [0.5, 0.6) is 5.75 Å². The Labute approximate surface area is 187 Å². The third-order valence-electron chi connectivity index (χ3n) is 4.37. The molecule has 3 rings (SSSR count). The lowest BCUT2D eigenvalue weighted by Gasteiger charge is -2.19. The molecule has 0 aliphatic rings. The Balaban J connectivity index is 0.00000176. The summed E-state index contributed by atoms with van der Waals surface area (Å²) >= 11 is 0. The van der Waals surface area contributed by atoms with E-state index in [1.807, 2.05) is 26.8 Å². The summed E-state index contributed by atoms with van der Waals surface area (Å²) in [5.41, 5.74) is 1.49. The first-order valence-corrected chi connectivity index (χ1v) is 10.4. The van der Waals surface area contributed by atoms with E-state index < -0.39 is 17.2 Å². The van der Waals surface area contributed by atoms with E-state index in [2.05, 4.69) is 0 Å². The Morgan fingerprint density at radius 3 is 2.19 bits per heavy atom. The van der Waals surface area contributed by atoms with Crippen molar-refractivity contribution in [3.05, 3.63) is 93.4 Å². The molecule has 1 aromatic heterocycles. The minimum absolute atomic E-state index is 0.159. The number of benzene rings is 2. The van der Waals surface area contributed by atoms with Gasteiger partial charge >= 0.3 is 0 Å². The molecule has 1 heterocycles. The Morgan fingerprint density at radius 1 is 0.969 bits per heavy atom. The van der Waals surface area contributed by atoms with E-state index in [1.165, 1.54) is 16.7 Å². The van der Waals surface area contributed by atoms with Crippen LogP contribution in [-0.4, -0.2) is 21.9 Å². The molecule has 1 N–H and O–H groups in total. The third-order valence-corrected chi connectivity index (χ3v) is 4.37. The van der Waals surface area contributed by atoms with Gasteiger partial charge in [-0.3, -0.25) is 9.36 Å². The Morgan fingerprint density at radius 2 is 1.62 bits per heavy atom. The van der Waals surface area contributed by atoms with Gasteiger partial charge in [-0.05, 0) is 73.9 Å². The van der Waals surface area contributed by atoms with Crippen LogP contribution in [-0.2, 0) is 0 Å². The van der Waals surface area contributed by atoms with Gasteiger partial charge in [0.15, 0.2) is 11.6 Å². The number of rotatable bonds is 6. The summed E-state index contributed by atoms with van der Waals surface area (Å²) < 4.78 is 33.4. The van der Waals surface area contributed by atoms with Crippen LogP contribution >= 0.6 is 0 Å². The summed E-state index contributed by atoms with van der Waals surface area (Å²) in [4.78, 5) is 12.6. The van der Waals surface area contributed by atoms with E-state index in [0.29, 0.717) is 22.6 Å². The molecule has 170 valence electrons. The van der Waals surface area contributed by atoms with Crippen LogP contribution in [0.2, 0.25) is 0 Å². The van der Waals surface area contributed by atoms with Crippen LogP contribution in [0, 0.1) is 18.6 Å². The minimum atomic E-state index is -0.939. The smallest absolute Gasteiger partial charge is 0.255 e. The second kappa shape index (κ2) is 10.9. The number of hydrogen-bond donors (Lipinski definition) is 1. The SMILES string of the molecule is CC.Cc1cc(-n2ccc(C=Cc3ccc(F)c(F)c3)cc2=O)ccc1OCC(C)(C)O. The Hall–Kier alpha value is -3.25. The predicted octanol–water partition coefficient (Wildman–Crippen LogP) is 5.77. The first-order chi connectivity index (χ1) is 15.1. The van der Waals surface area contributed by atoms with Crippen molar-refractivity contribution < 1.29 is 18.6 Å². The Bertz CT molecular complexity index is 1140. The largest absolute Gasteiger partial charge is 0.490 e. The van der Waals surface area contributed by atoms with Crippen LogP contribution in [0.25, 0.3) is 17.8 Å². The topological polar surface area (TPSA) is 51.5 Å². The molecule has 0 atom stereocenters. The van der Waals surface area contributed by atoms with Crippen molar-refractivity contribution in [3.8, 4) is 11.4 Å². The molecule has 0 unspecified atom stereocenters. The maximum atomic E-state index is 13.3. The highest BCUT2D eigenvalue weighted by molar-refractivity contribution is 5.69. The number of aliphatic hydroxyl groups is 1. The average molecular weight is 442 g/mol. The van der Waals surface area contributed by atoms with Gasteiger partial charge in [0.1, 0.15) is 12.4 Å². The van der Waals surface area contributed by atoms with Crippen molar-refractivity contribution in [2.24, 2.45) is 0 Å². The van der Waals surface area contributed by atoms with E-state index in [0.717, 1.165) is 17.7 Å². The highest BCUT2D eigenvalue weighted by atomic mass is 19.2. The molecular formula is C26H29F2NO3. The van der Waals surface area contributed by atoms with Crippen molar-refractivity contribution in [1.29, 1.82) is 0 Å². The summed E-state index contributed by atoms with van der Waals surface area (Å²) in [6.07, 6.45) is 4.93. The van der Waals surface area contributed by atoms with Crippen LogP contribution in [0.4, 0.5) is 8.78 Å². The van der Waals surface area contributed by atoms with Crippen molar-refractivity contribution >= 4 is 12.2 Å². The number of aromatic nitrogens is 1. The van der Waals surface area contributed by atoms with E-state index in [9.17, 15) is 18.7 Å². The van der Waals surface area contributed by atoms with E-state index >= 15 is 0 Å². The third kappa shape index (κ3) is 6.89. The zero-order valence-corrected chi connectivity index (χ0v) is 19.0. The molecule has 0 aliphatic heterocycles. The number of halogens is 2. The van der Waals surface area contributed by atoms with Gasteiger partial charge in [0, 0.05) is 18.0 Å². The molecular weight excluding hydrogens is 412 g/mol. The number of pyridine rings is 1. The zero-order chi connectivity index (χ0) is 23.9. The van der Waals surface area contributed by atoms with Crippen molar-refractivity contribution in [2.75, 3.05) is 6.61 Å². The van der Waals surface area contributed by atoms with Gasteiger partial charge < -0.3 is 9.84 Å². The van der Waals surface area contributed by atoms with Crippen LogP contribution in [0.3, 0.4) is 0 Å². The lowest BCUT2D eigenvalue weighted by Crippen LogP contribution is -2.28. The monoisotopic (exact) mass is 441 g/mol. The van der Waals surface area contributed by atoms with Crippen LogP contribution in [0.15, 0.2) is 59.5 Å². The molecule has 0 bridgehead atoms. The molecule has 32 heavy (non-hydrogen) atoms. The summed E-state index contributed by atoms with van der Waals surface area (Å²) in [6.45, 7) is 9.36. The van der Waals surface area contributed by atoms with Crippen LogP contribution < -0.4 is 10.3 Å². The second-order valence-electron chi connectivity index (χ2n) is 7.73. The molecule has 6 heteroatoms. The van der Waals surface area contributed by atoms with Crippen LogP contribution in [0.1, 0.15) is 44.4 Å². The van der Waals surface area contributed by atoms with Gasteiger partial charge in [-0.1, -0.05) is 32.1 Å². The fraction of sp³-hybridized carbons (Fsp3) is 0.269. The molecule has 0 aliphatic carbocycles. The molecule has 2 aromatic carbocycles. The van der Waals surface area contributed by atoms with Gasteiger partial charge in [0.2, 0.25) is 0 Å². The summed E-state index contributed by atoms with van der Waals surface area (Å²) in [6, 6.07) is 12.2. The molecule has 3 aromatic rings. The summed E-state index contributed by atoms with van der Waals surface area (Å²) in [5.74, 6) is -1.18. The first-order valence-electron chi connectivity index (χ1n) is 10.4. The number of ether oxygens (including phenoxy) is 1. The average Bonchev–Trinajstić information content (AvgIpc) is 2.74. The summed E-state index contributed by atoms with van der Waals surface area (Å²) in [7, 11) is 0. The molecule has 0 saturated carbocycles. The quantitative estimate of drug-likeness (QED) is 0.528. The first kappa shape index (κ1) is 25.0. The van der Waals surface area contributed by atoms with Gasteiger partial charge in [0.05, 0.1) is 5.60 Å². The molecule has 0 saturated heterocycles. The zero-order valence-electron chi connectivity index (χ0n) is 19.0. The standard InChI is InChI=1S/C24H23F2NO3.C2H6/c1-16-12-19(7-9-22(16)30-15-24(2,3)29)27-11-10-18(14-23(27)28)5-4-17-6-8-20(25)21(26)13-17;1-2/h4-14,29H,15H2,1-3H3;1-2H3. The maximum absolute atomic E-state index is 13.3. The maximum Gasteiger partial charge on any atom is 0.255 e. The van der Waals surface area contributed by atoms with Crippen molar-refractivity contribution in [1.82, 2.24) is 4.57 Å². The highest BCUT2D eigenvalue weighted by Gasteiger charge is 2.14. The van der Waals surface area contributed by atoms with Gasteiger partial charge in [-0.25, -0.2) is 8.78 Å². The predicted molar refractivity (Wildman–Crippen MR) is 125 cm³/mol.